The molecule has 0 unspecified atom stereocenters. The number of hydrogen-bond acceptors (Lipinski definition) is 5. The lowest BCUT2D eigenvalue weighted by molar-refractivity contribution is 0.00578. The van der Waals surface area contributed by atoms with E-state index in [0.717, 1.165) is 9.78 Å². The Balaban J connectivity index is 2.03. The van der Waals surface area contributed by atoms with E-state index in [4.69, 9.17) is 13.7 Å². The van der Waals surface area contributed by atoms with E-state index in [9.17, 15) is 0 Å². The molecule has 1 aliphatic rings. The Morgan fingerprint density at radius 2 is 1.70 bits per heavy atom. The summed E-state index contributed by atoms with van der Waals surface area (Å²) in [4.78, 5) is 4.50. The summed E-state index contributed by atoms with van der Waals surface area (Å²) in [5.74, 6) is 0. The third-order valence-corrected chi connectivity index (χ3v) is 10.9. The normalized spacial score (nSPS) is 21.0. The number of thiazole rings is 1. The maximum Gasteiger partial charge on any atom is 0.507 e. The van der Waals surface area contributed by atoms with E-state index in [0.29, 0.717) is 6.61 Å². The second-order valence-corrected chi connectivity index (χ2v) is 14.7. The van der Waals surface area contributed by atoms with Crippen LogP contribution in [0.5, 0.6) is 0 Å². The predicted molar refractivity (Wildman–Crippen MR) is 99.8 cm³/mol. The molecule has 0 aromatic carbocycles. The fraction of sp³-hybridized carbons (Fsp3) is 0.812. The van der Waals surface area contributed by atoms with E-state index in [1.165, 1.54) is 0 Å². The Kier molecular flexibility index (Phi) is 4.95. The molecule has 4 nitrogen and oxygen atoms in total. The maximum atomic E-state index is 6.24. The van der Waals surface area contributed by atoms with Crippen LogP contribution >= 0.6 is 11.3 Å². The van der Waals surface area contributed by atoms with Crippen molar-refractivity contribution in [3.8, 4) is 0 Å². The molecule has 0 spiro atoms. The van der Waals surface area contributed by atoms with Gasteiger partial charge in [-0.25, -0.2) is 4.98 Å². The first kappa shape index (κ1) is 19.1. The first-order chi connectivity index (χ1) is 10.3. The van der Waals surface area contributed by atoms with Gasteiger partial charge in [-0.2, -0.15) is 0 Å². The van der Waals surface area contributed by atoms with Gasteiger partial charge in [-0.1, -0.05) is 20.8 Å². The van der Waals surface area contributed by atoms with Crippen LogP contribution in [0.2, 0.25) is 18.1 Å². The molecule has 7 heteroatoms. The Morgan fingerprint density at radius 1 is 1.17 bits per heavy atom. The van der Waals surface area contributed by atoms with Gasteiger partial charge < -0.3 is 13.7 Å². The quantitative estimate of drug-likeness (QED) is 0.767. The Morgan fingerprint density at radius 3 is 2.17 bits per heavy atom. The van der Waals surface area contributed by atoms with Crippen molar-refractivity contribution >= 4 is 31.5 Å². The predicted octanol–water partition coefficient (Wildman–Crippen LogP) is 3.96. The molecule has 2 rings (SSSR count). The molecule has 130 valence electrons. The summed E-state index contributed by atoms with van der Waals surface area (Å²) in [5.41, 5.74) is -0.640. The molecular formula is C16H30BNO3SSi. The number of aromatic nitrogens is 1. The molecular weight excluding hydrogens is 325 g/mol. The van der Waals surface area contributed by atoms with Crippen molar-refractivity contribution in [1.29, 1.82) is 0 Å². The van der Waals surface area contributed by atoms with Gasteiger partial charge >= 0.3 is 7.12 Å². The topological polar surface area (TPSA) is 40.6 Å². The van der Waals surface area contributed by atoms with Crippen molar-refractivity contribution < 1.29 is 13.7 Å². The maximum absolute atomic E-state index is 6.24. The van der Waals surface area contributed by atoms with Gasteiger partial charge in [0.2, 0.25) is 0 Å². The van der Waals surface area contributed by atoms with E-state index in [2.05, 4.69) is 66.5 Å². The summed E-state index contributed by atoms with van der Waals surface area (Å²) >= 11 is 1.62. The monoisotopic (exact) mass is 355 g/mol. The Bertz CT molecular complexity index is 550. The average molecular weight is 355 g/mol. The molecule has 1 aliphatic heterocycles. The highest BCUT2D eigenvalue weighted by atomic mass is 32.1. The third kappa shape index (κ3) is 3.90. The average Bonchev–Trinajstić information content (AvgIpc) is 2.89. The van der Waals surface area contributed by atoms with Crippen LogP contribution in [0.15, 0.2) is 6.20 Å². The second-order valence-electron chi connectivity index (χ2n) is 8.79. The van der Waals surface area contributed by atoms with Crippen molar-refractivity contribution in [1.82, 2.24) is 4.98 Å². The molecule has 1 aromatic heterocycles. The molecule has 0 radical (unpaired) electrons. The van der Waals surface area contributed by atoms with Crippen LogP contribution in [0.3, 0.4) is 0 Å². The SMILES string of the molecule is CC1(C)OB(c2cnc(CO[Si](C)(C)C(C)(C)C)s2)OC1(C)C. The van der Waals surface area contributed by atoms with Crippen molar-refractivity contribution in [2.75, 3.05) is 0 Å². The molecule has 0 amide bonds. The van der Waals surface area contributed by atoms with E-state index in [1.807, 2.05) is 6.20 Å². The van der Waals surface area contributed by atoms with Crippen LogP contribution in [-0.4, -0.2) is 31.6 Å². The summed E-state index contributed by atoms with van der Waals surface area (Å²) < 4.78 is 19.4. The standard InChI is InChI=1S/C16H30BNO3SSi/c1-14(2,3)23(8,9)19-11-13-18-10-12(22-13)17-20-15(4,5)16(6,7)21-17/h10H,11H2,1-9H3. The van der Waals surface area contributed by atoms with Gasteiger partial charge in [-0.05, 0) is 45.8 Å². The minimum Gasteiger partial charge on any atom is -0.410 e. The van der Waals surface area contributed by atoms with Gasteiger partial charge in [0.15, 0.2) is 8.32 Å². The molecule has 1 fully saturated rings. The Labute approximate surface area is 146 Å². The van der Waals surface area contributed by atoms with Gasteiger partial charge in [0, 0.05) is 6.20 Å². The zero-order valence-electron chi connectivity index (χ0n) is 15.9. The fourth-order valence-electron chi connectivity index (χ4n) is 1.92. The third-order valence-electron chi connectivity index (χ3n) is 5.42. The van der Waals surface area contributed by atoms with E-state index < -0.39 is 8.32 Å². The van der Waals surface area contributed by atoms with Crippen molar-refractivity contribution in [3.05, 3.63) is 11.2 Å². The summed E-state index contributed by atoms with van der Waals surface area (Å²) in [6.45, 7) is 20.1. The highest BCUT2D eigenvalue weighted by Crippen LogP contribution is 2.38. The van der Waals surface area contributed by atoms with Crippen LogP contribution in [0.25, 0.3) is 0 Å². The lowest BCUT2D eigenvalue weighted by atomic mass is 9.89. The van der Waals surface area contributed by atoms with Crippen LogP contribution in [0.1, 0.15) is 53.5 Å². The fourth-order valence-corrected chi connectivity index (χ4v) is 3.75. The van der Waals surface area contributed by atoms with Gasteiger partial charge in [0.05, 0.1) is 22.6 Å². The first-order valence-electron chi connectivity index (χ1n) is 8.19. The van der Waals surface area contributed by atoms with Gasteiger partial charge in [0.25, 0.3) is 0 Å². The van der Waals surface area contributed by atoms with Crippen LogP contribution in [0, 0.1) is 0 Å². The summed E-state index contributed by atoms with van der Waals surface area (Å²) in [6, 6.07) is 0. The largest absolute Gasteiger partial charge is 0.507 e. The van der Waals surface area contributed by atoms with E-state index in [1.54, 1.807) is 11.3 Å². The molecule has 1 saturated heterocycles. The van der Waals surface area contributed by atoms with Gasteiger partial charge in [0.1, 0.15) is 5.01 Å². The van der Waals surface area contributed by atoms with Crippen molar-refractivity contribution in [3.63, 3.8) is 0 Å². The van der Waals surface area contributed by atoms with Crippen molar-refractivity contribution in [2.24, 2.45) is 0 Å². The first-order valence-corrected chi connectivity index (χ1v) is 11.9. The van der Waals surface area contributed by atoms with Gasteiger partial charge in [-0.3, -0.25) is 0 Å². The molecule has 2 heterocycles. The highest BCUT2D eigenvalue weighted by molar-refractivity contribution is 7.22. The van der Waals surface area contributed by atoms with Crippen LogP contribution < -0.4 is 4.78 Å². The van der Waals surface area contributed by atoms with Crippen LogP contribution in [-0.2, 0) is 20.3 Å². The zero-order chi connectivity index (χ0) is 17.7. The molecule has 1 aromatic rings. The smallest absolute Gasteiger partial charge is 0.410 e. The number of rotatable bonds is 4. The molecule has 0 bridgehead atoms. The number of nitrogens with zero attached hydrogens (tertiary/aromatic N) is 1. The lowest BCUT2D eigenvalue weighted by Crippen LogP contribution is -2.41. The Hall–Kier alpha value is -0.208. The summed E-state index contributed by atoms with van der Waals surface area (Å²) in [6.07, 6.45) is 1.86. The lowest BCUT2D eigenvalue weighted by Gasteiger charge is -2.35. The second kappa shape index (κ2) is 5.95. The molecule has 0 aliphatic carbocycles. The van der Waals surface area contributed by atoms with E-state index in [-0.39, 0.29) is 23.4 Å². The molecule has 23 heavy (non-hydrogen) atoms. The molecule has 0 N–H and O–H groups in total. The highest BCUT2D eigenvalue weighted by Gasteiger charge is 2.52. The van der Waals surface area contributed by atoms with Crippen LogP contribution in [0.4, 0.5) is 0 Å². The molecule has 0 saturated carbocycles. The summed E-state index contributed by atoms with van der Waals surface area (Å²) in [7, 11) is -2.09. The number of hydrogen-bond donors (Lipinski definition) is 0. The summed E-state index contributed by atoms with van der Waals surface area (Å²) in [5, 5.41) is 1.19. The van der Waals surface area contributed by atoms with E-state index >= 15 is 0 Å². The minimum absolute atomic E-state index is 0.207. The van der Waals surface area contributed by atoms with Crippen molar-refractivity contribution in [2.45, 2.75) is 84.4 Å². The molecule has 0 atom stereocenters. The minimum atomic E-state index is -1.75. The van der Waals surface area contributed by atoms with Gasteiger partial charge in [-0.15, -0.1) is 11.3 Å². The zero-order valence-corrected chi connectivity index (χ0v) is 17.8.